The van der Waals surface area contributed by atoms with Crippen molar-refractivity contribution in [3.05, 3.63) is 0 Å². The van der Waals surface area contributed by atoms with Crippen LogP contribution < -0.4 is 0 Å². The highest BCUT2D eigenvalue weighted by molar-refractivity contribution is 6.55. The monoisotopic (exact) mass is 629 g/mol. The molecule has 45 heavy (non-hydrogen) atoms. The highest BCUT2D eigenvalue weighted by Crippen LogP contribution is 2.69. The fourth-order valence-electron chi connectivity index (χ4n) is 11.1. The summed E-state index contributed by atoms with van der Waals surface area (Å²) in [5, 5.41) is 0. The maximum absolute atomic E-state index is 7.17. The largest absolute Gasteiger partial charge is 0.435 e. The second-order valence-corrected chi connectivity index (χ2v) is 18.0. The Morgan fingerprint density at radius 2 is 1.04 bits per heavy atom. The van der Waals surface area contributed by atoms with Gasteiger partial charge in [-0.1, -0.05) is 145 Å². The van der Waals surface area contributed by atoms with Gasteiger partial charge in [0.1, 0.15) is 0 Å². The fourth-order valence-corrected chi connectivity index (χ4v) is 11.1. The lowest BCUT2D eigenvalue weighted by Gasteiger charge is -2.66. The number of unbranched alkanes of at least 4 members (excludes halogenated alkanes) is 13. The topological polar surface area (TPSA) is 27.7 Å². The molecule has 6 rings (SSSR count). The van der Waals surface area contributed by atoms with E-state index in [1.165, 1.54) is 116 Å². The number of ether oxygens (including phenoxy) is 2. The quantitative estimate of drug-likeness (QED) is 0.0786. The van der Waals surface area contributed by atoms with Gasteiger partial charge in [0, 0.05) is 26.2 Å². The van der Waals surface area contributed by atoms with E-state index in [1.54, 1.807) is 0 Å². The number of fused-ring (bicyclic) bond motifs is 4. The first-order valence-electron chi connectivity index (χ1n) is 20.3. The van der Waals surface area contributed by atoms with Gasteiger partial charge in [0.15, 0.2) is 0 Å². The molecule has 6 saturated carbocycles. The van der Waals surface area contributed by atoms with Crippen LogP contribution in [0.15, 0.2) is 0 Å². The second-order valence-electron chi connectivity index (χ2n) is 18.0. The molecule has 9 atom stereocenters. The van der Waals surface area contributed by atoms with Crippen molar-refractivity contribution in [1.29, 1.82) is 0 Å². The SMILES string of the molecule is CCCCCCCCCCCCCCCCOC[C@H](COC)COB(C1C[C@H]2C[C@@H]([C@@H]1C)C2(C)C)C1C[C@H]2C[C@@H]([C@@H]1C)C2(C)C. The second kappa shape index (κ2) is 18.1. The first-order chi connectivity index (χ1) is 21.6. The van der Waals surface area contributed by atoms with Crippen molar-refractivity contribution in [2.24, 2.45) is 52.3 Å². The van der Waals surface area contributed by atoms with Gasteiger partial charge >= 0.3 is 0 Å². The minimum absolute atomic E-state index is 0.332. The molecule has 0 spiro atoms. The Morgan fingerprint density at radius 3 is 1.44 bits per heavy atom. The smallest absolute Gasteiger partial charge is 0.299 e. The number of methoxy groups -OCH3 is 1. The van der Waals surface area contributed by atoms with Crippen molar-refractivity contribution in [1.82, 2.24) is 0 Å². The molecule has 6 fully saturated rings. The minimum atomic E-state index is 0.332. The van der Waals surface area contributed by atoms with E-state index in [0.29, 0.717) is 23.7 Å². The molecule has 6 aliphatic carbocycles. The molecule has 0 aromatic carbocycles. The average molecular weight is 629 g/mol. The standard InChI is InChI=1S/C41H77BO3/c1-9-10-11-12-13-14-15-16-17-18-19-20-21-22-23-44-29-33(28-43-8)30-45-42(38-26-34-24-36(31(38)2)40(34,4)5)39-27-35-25-37(32(39)3)41(35,6)7/h31-39H,9-30H2,1-8H3/t31-,32-,33-,34+,35+,36-,37-,38?,39?/m0/s1. The first-order valence-corrected chi connectivity index (χ1v) is 20.3. The predicted molar refractivity (Wildman–Crippen MR) is 194 cm³/mol. The van der Waals surface area contributed by atoms with E-state index in [1.807, 2.05) is 7.11 Å². The summed E-state index contributed by atoms with van der Waals surface area (Å²) in [6.45, 7) is 21.2. The molecular formula is C41H77BO3. The van der Waals surface area contributed by atoms with Crippen LogP contribution in [0, 0.1) is 52.3 Å². The van der Waals surface area contributed by atoms with Gasteiger partial charge in [-0.15, -0.1) is 0 Å². The molecule has 0 N–H and O–H groups in total. The van der Waals surface area contributed by atoms with Crippen LogP contribution in [0.3, 0.4) is 0 Å². The molecule has 0 aromatic rings. The van der Waals surface area contributed by atoms with E-state index in [4.69, 9.17) is 14.1 Å². The summed E-state index contributed by atoms with van der Waals surface area (Å²) in [4.78, 5) is 0. The third-order valence-electron chi connectivity index (χ3n) is 14.6. The summed E-state index contributed by atoms with van der Waals surface area (Å²) < 4.78 is 19.1. The Morgan fingerprint density at radius 1 is 0.600 bits per heavy atom. The van der Waals surface area contributed by atoms with E-state index in [2.05, 4.69) is 48.5 Å². The summed E-state index contributed by atoms with van der Waals surface area (Å²) in [6.07, 6.45) is 25.2. The molecule has 0 heterocycles. The molecule has 0 saturated heterocycles. The van der Waals surface area contributed by atoms with Crippen LogP contribution in [0.4, 0.5) is 0 Å². The Hall–Kier alpha value is -0.0551. The van der Waals surface area contributed by atoms with Crippen molar-refractivity contribution < 1.29 is 14.1 Å². The summed E-state index contributed by atoms with van der Waals surface area (Å²) in [5.41, 5.74) is 1.06. The molecule has 0 aromatic heterocycles. The van der Waals surface area contributed by atoms with Gasteiger partial charge in [-0.2, -0.15) is 0 Å². The van der Waals surface area contributed by atoms with E-state index < -0.39 is 0 Å². The Labute approximate surface area is 282 Å². The number of hydrogen-bond acceptors (Lipinski definition) is 3. The third kappa shape index (κ3) is 9.56. The van der Waals surface area contributed by atoms with E-state index in [9.17, 15) is 0 Å². The summed E-state index contributed by atoms with van der Waals surface area (Å²) in [5.74, 6) is 6.84. The molecule has 0 amide bonds. The van der Waals surface area contributed by atoms with Crippen LogP contribution in [-0.2, 0) is 14.1 Å². The van der Waals surface area contributed by atoms with Crippen LogP contribution in [0.1, 0.15) is 164 Å². The summed E-state index contributed by atoms with van der Waals surface area (Å²) >= 11 is 0. The van der Waals surface area contributed by atoms with Gasteiger partial charge in [0.25, 0.3) is 6.92 Å². The summed E-state index contributed by atoms with van der Waals surface area (Å²) in [7, 11) is 1.84. The van der Waals surface area contributed by atoms with E-state index in [0.717, 1.165) is 73.6 Å². The highest BCUT2D eigenvalue weighted by atomic mass is 16.5. The van der Waals surface area contributed by atoms with Crippen molar-refractivity contribution in [3.8, 4) is 0 Å². The maximum atomic E-state index is 7.17. The molecular weight excluding hydrogens is 551 g/mol. The van der Waals surface area contributed by atoms with Crippen molar-refractivity contribution in [3.63, 3.8) is 0 Å². The zero-order valence-corrected chi connectivity index (χ0v) is 31.6. The van der Waals surface area contributed by atoms with Gasteiger partial charge in [-0.05, 0) is 77.2 Å². The lowest BCUT2D eigenvalue weighted by Crippen LogP contribution is -2.60. The lowest BCUT2D eigenvalue weighted by atomic mass is 9.27. The van der Waals surface area contributed by atoms with Crippen LogP contribution in [0.25, 0.3) is 0 Å². The van der Waals surface area contributed by atoms with Crippen molar-refractivity contribution in [2.45, 2.75) is 176 Å². The van der Waals surface area contributed by atoms with Gasteiger partial charge in [0.05, 0.1) is 13.2 Å². The van der Waals surface area contributed by atoms with Crippen molar-refractivity contribution >= 4 is 6.92 Å². The number of rotatable bonds is 24. The van der Waals surface area contributed by atoms with Crippen LogP contribution in [0.2, 0.25) is 11.6 Å². The molecule has 4 heteroatoms. The molecule has 6 aliphatic rings. The minimum Gasteiger partial charge on any atom is -0.435 e. The summed E-state index contributed by atoms with van der Waals surface area (Å²) in [6, 6.07) is 0. The molecule has 0 radical (unpaired) electrons. The first kappa shape index (κ1) is 37.8. The fraction of sp³-hybridized carbons (Fsp3) is 1.00. The van der Waals surface area contributed by atoms with Gasteiger partial charge in [0.2, 0.25) is 0 Å². The van der Waals surface area contributed by atoms with E-state index in [-0.39, 0.29) is 0 Å². The zero-order chi connectivity index (χ0) is 32.5. The van der Waals surface area contributed by atoms with Crippen LogP contribution in [-0.4, -0.2) is 40.5 Å². The van der Waals surface area contributed by atoms with Crippen molar-refractivity contribution in [2.75, 3.05) is 33.5 Å². The van der Waals surface area contributed by atoms with Gasteiger partial charge < -0.3 is 14.1 Å². The molecule has 262 valence electrons. The van der Waals surface area contributed by atoms with E-state index >= 15 is 0 Å². The Balaban J connectivity index is 1.14. The normalized spacial score (nSPS) is 33.3. The Kier molecular flexibility index (Phi) is 15.2. The lowest BCUT2D eigenvalue weighted by molar-refractivity contribution is -0.111. The third-order valence-corrected chi connectivity index (χ3v) is 14.6. The number of hydrogen-bond donors (Lipinski definition) is 0. The molecule has 2 unspecified atom stereocenters. The predicted octanol–water partition coefficient (Wildman–Crippen LogP) is 11.9. The highest BCUT2D eigenvalue weighted by Gasteiger charge is 2.63. The maximum Gasteiger partial charge on any atom is 0.299 e. The van der Waals surface area contributed by atoms with Gasteiger partial charge in [-0.25, -0.2) is 0 Å². The van der Waals surface area contributed by atoms with Crippen LogP contribution >= 0.6 is 0 Å². The molecule has 0 aliphatic heterocycles. The molecule has 4 bridgehead atoms. The van der Waals surface area contributed by atoms with Crippen LogP contribution in [0.5, 0.6) is 0 Å². The Bertz CT molecular complexity index is 786. The van der Waals surface area contributed by atoms with Gasteiger partial charge in [-0.3, -0.25) is 0 Å². The molecule has 3 nitrogen and oxygen atoms in total. The average Bonchev–Trinajstić information content (AvgIpc) is 3.01. The zero-order valence-electron chi connectivity index (χ0n) is 31.6.